The first-order valence-corrected chi connectivity index (χ1v) is 5.39. The van der Waals surface area contributed by atoms with Gasteiger partial charge in [0, 0.05) is 5.69 Å². The average Bonchev–Trinajstić information content (AvgIpc) is 2.23. The number of nitrogens with two attached hydrogens (primary N) is 1. The van der Waals surface area contributed by atoms with Gasteiger partial charge in [0.05, 0.1) is 0 Å². The lowest BCUT2D eigenvalue weighted by Crippen LogP contribution is -2.02. The van der Waals surface area contributed by atoms with Gasteiger partial charge in [-0.15, -0.1) is 13.2 Å². The molecule has 0 saturated carbocycles. The molecule has 0 aliphatic heterocycles. The van der Waals surface area contributed by atoms with Crippen LogP contribution in [-0.4, -0.2) is 0 Å². The topological polar surface area (TPSA) is 26.0 Å². The Morgan fingerprint density at radius 2 is 1.75 bits per heavy atom. The first kappa shape index (κ1) is 12.3. The second-order valence-corrected chi connectivity index (χ2v) is 3.93. The van der Waals surface area contributed by atoms with Crippen LogP contribution in [0.5, 0.6) is 0 Å². The minimum atomic E-state index is 0.788. The van der Waals surface area contributed by atoms with Crippen LogP contribution in [0.25, 0.3) is 5.57 Å². The normalized spacial score (nSPS) is 9.81. The molecule has 1 nitrogen and oxygen atoms in total. The fraction of sp³-hybridized carbons (Fsp3) is 0.200. The highest BCUT2D eigenvalue weighted by molar-refractivity contribution is 5.70. The maximum Gasteiger partial charge on any atom is 0.0353 e. The molecule has 84 valence electrons. The Morgan fingerprint density at radius 3 is 2.25 bits per heavy atom. The van der Waals surface area contributed by atoms with Crippen molar-refractivity contribution >= 4 is 11.3 Å². The molecule has 0 saturated heterocycles. The zero-order valence-corrected chi connectivity index (χ0v) is 9.92. The van der Waals surface area contributed by atoms with Gasteiger partial charge in [-0.05, 0) is 42.5 Å². The molecule has 0 spiro atoms. The van der Waals surface area contributed by atoms with E-state index in [1.807, 2.05) is 31.2 Å². The second kappa shape index (κ2) is 5.36. The van der Waals surface area contributed by atoms with Gasteiger partial charge in [0.15, 0.2) is 0 Å². The highest BCUT2D eigenvalue weighted by Crippen LogP contribution is 2.27. The average molecular weight is 213 g/mol. The Bertz CT molecular complexity index is 427. The molecule has 0 atom stereocenters. The summed E-state index contributed by atoms with van der Waals surface area (Å²) in [5, 5.41) is 0. The fourth-order valence-corrected chi connectivity index (χ4v) is 1.87. The molecule has 16 heavy (non-hydrogen) atoms. The van der Waals surface area contributed by atoms with Gasteiger partial charge in [-0.25, -0.2) is 0 Å². The molecule has 1 aromatic carbocycles. The summed E-state index contributed by atoms with van der Waals surface area (Å²) < 4.78 is 0. The third kappa shape index (κ3) is 2.43. The second-order valence-electron chi connectivity index (χ2n) is 3.93. The minimum Gasteiger partial charge on any atom is -0.398 e. The summed E-state index contributed by atoms with van der Waals surface area (Å²) in [6.45, 7) is 13.6. The van der Waals surface area contributed by atoms with Crippen molar-refractivity contribution in [1.29, 1.82) is 0 Å². The zero-order valence-electron chi connectivity index (χ0n) is 9.92. The molecule has 1 aromatic rings. The van der Waals surface area contributed by atoms with Crippen LogP contribution in [-0.2, 0) is 12.8 Å². The largest absolute Gasteiger partial charge is 0.398 e. The summed E-state index contributed by atoms with van der Waals surface area (Å²) in [6.07, 6.45) is 5.38. The van der Waals surface area contributed by atoms with Crippen LogP contribution in [0.4, 0.5) is 5.69 Å². The summed E-state index contributed by atoms with van der Waals surface area (Å²) in [4.78, 5) is 0. The summed E-state index contributed by atoms with van der Waals surface area (Å²) in [5.41, 5.74) is 11.4. The SMILES string of the molecule is C=CCc1c(N)ccc(C(=C)C)c1CC=C. The van der Waals surface area contributed by atoms with Crippen LogP contribution in [0.3, 0.4) is 0 Å². The van der Waals surface area contributed by atoms with E-state index in [1.165, 1.54) is 11.1 Å². The van der Waals surface area contributed by atoms with Crippen LogP contribution in [0, 0.1) is 0 Å². The first-order chi connectivity index (χ1) is 7.61. The molecule has 0 amide bonds. The van der Waals surface area contributed by atoms with E-state index in [4.69, 9.17) is 5.73 Å². The number of nitrogen functional groups attached to an aromatic ring is 1. The van der Waals surface area contributed by atoms with Crippen molar-refractivity contribution in [1.82, 2.24) is 0 Å². The highest BCUT2D eigenvalue weighted by Gasteiger charge is 2.09. The third-order valence-electron chi connectivity index (χ3n) is 2.62. The standard InChI is InChI=1S/C15H19N/c1-5-7-13-12(11(3)4)9-10-15(16)14(13)8-6-2/h5-6,9-10H,1-3,7-8,16H2,4H3. The molecule has 0 heterocycles. The molecular formula is C15H19N. The molecule has 0 aliphatic carbocycles. The summed E-state index contributed by atoms with van der Waals surface area (Å²) in [7, 11) is 0. The summed E-state index contributed by atoms with van der Waals surface area (Å²) in [5.74, 6) is 0. The number of hydrogen-bond acceptors (Lipinski definition) is 1. The Hall–Kier alpha value is -1.76. The molecule has 1 heteroatoms. The van der Waals surface area contributed by atoms with Crippen LogP contribution < -0.4 is 5.73 Å². The molecule has 2 N–H and O–H groups in total. The first-order valence-electron chi connectivity index (χ1n) is 5.39. The minimum absolute atomic E-state index is 0.788. The van der Waals surface area contributed by atoms with Crippen LogP contribution >= 0.6 is 0 Å². The van der Waals surface area contributed by atoms with Gasteiger partial charge >= 0.3 is 0 Å². The van der Waals surface area contributed by atoms with Gasteiger partial charge in [-0.3, -0.25) is 0 Å². The van der Waals surface area contributed by atoms with Gasteiger partial charge in [0.1, 0.15) is 0 Å². The molecule has 0 aliphatic rings. The van der Waals surface area contributed by atoms with Crippen molar-refractivity contribution in [3.63, 3.8) is 0 Å². The Balaban J connectivity index is 3.41. The van der Waals surface area contributed by atoms with E-state index in [1.54, 1.807) is 0 Å². The molecule has 1 rings (SSSR count). The predicted molar refractivity (Wildman–Crippen MR) is 73.4 cm³/mol. The zero-order chi connectivity index (χ0) is 12.1. The van der Waals surface area contributed by atoms with Gasteiger partial charge < -0.3 is 5.73 Å². The predicted octanol–water partition coefficient (Wildman–Crippen LogP) is 3.76. The molecular weight excluding hydrogens is 194 g/mol. The van der Waals surface area contributed by atoms with Gasteiger partial charge in [-0.1, -0.05) is 30.4 Å². The Morgan fingerprint density at radius 1 is 1.19 bits per heavy atom. The van der Waals surface area contributed by atoms with E-state index in [9.17, 15) is 0 Å². The summed E-state index contributed by atoms with van der Waals surface area (Å²) in [6, 6.07) is 3.97. The fourth-order valence-electron chi connectivity index (χ4n) is 1.87. The Labute approximate surface area is 98.0 Å². The molecule has 0 unspecified atom stereocenters. The number of rotatable bonds is 5. The number of hydrogen-bond donors (Lipinski definition) is 1. The number of anilines is 1. The summed E-state index contributed by atoms with van der Waals surface area (Å²) >= 11 is 0. The van der Waals surface area contributed by atoms with Crippen molar-refractivity contribution in [2.75, 3.05) is 5.73 Å². The van der Waals surface area contributed by atoms with Crippen molar-refractivity contribution in [3.8, 4) is 0 Å². The Kier molecular flexibility index (Phi) is 4.12. The number of allylic oxidation sites excluding steroid dienone is 3. The maximum absolute atomic E-state index is 6.00. The van der Waals surface area contributed by atoms with E-state index in [-0.39, 0.29) is 0 Å². The van der Waals surface area contributed by atoms with Crippen molar-refractivity contribution in [2.24, 2.45) is 0 Å². The van der Waals surface area contributed by atoms with E-state index in [0.29, 0.717) is 0 Å². The molecule has 0 fully saturated rings. The maximum atomic E-state index is 6.00. The smallest absolute Gasteiger partial charge is 0.0353 e. The van der Waals surface area contributed by atoms with Gasteiger partial charge in [0.2, 0.25) is 0 Å². The van der Waals surface area contributed by atoms with Crippen molar-refractivity contribution in [3.05, 3.63) is 60.7 Å². The van der Waals surface area contributed by atoms with Gasteiger partial charge in [-0.2, -0.15) is 0 Å². The molecule has 0 radical (unpaired) electrons. The van der Waals surface area contributed by atoms with Crippen LogP contribution in [0.1, 0.15) is 23.6 Å². The van der Waals surface area contributed by atoms with E-state index in [0.717, 1.165) is 29.7 Å². The lowest BCUT2D eigenvalue weighted by molar-refractivity contribution is 1.15. The number of benzene rings is 1. The quantitative estimate of drug-likeness (QED) is 0.585. The van der Waals surface area contributed by atoms with E-state index < -0.39 is 0 Å². The van der Waals surface area contributed by atoms with Crippen molar-refractivity contribution in [2.45, 2.75) is 19.8 Å². The highest BCUT2D eigenvalue weighted by atomic mass is 14.6. The van der Waals surface area contributed by atoms with Crippen LogP contribution in [0.15, 0.2) is 44.0 Å². The van der Waals surface area contributed by atoms with E-state index >= 15 is 0 Å². The third-order valence-corrected chi connectivity index (χ3v) is 2.62. The lowest BCUT2D eigenvalue weighted by Gasteiger charge is -2.15. The van der Waals surface area contributed by atoms with Crippen molar-refractivity contribution < 1.29 is 0 Å². The van der Waals surface area contributed by atoms with E-state index in [2.05, 4.69) is 19.7 Å². The lowest BCUT2D eigenvalue weighted by atomic mass is 9.91. The molecule has 0 bridgehead atoms. The van der Waals surface area contributed by atoms with Gasteiger partial charge in [0.25, 0.3) is 0 Å². The van der Waals surface area contributed by atoms with Crippen LogP contribution in [0.2, 0.25) is 0 Å². The monoisotopic (exact) mass is 213 g/mol. The molecule has 0 aromatic heterocycles.